The maximum absolute atomic E-state index is 15.0. The number of rotatable bonds is 4. The van der Waals surface area contributed by atoms with E-state index in [0.717, 1.165) is 30.0 Å². The van der Waals surface area contributed by atoms with Crippen LogP contribution in [0.25, 0.3) is 0 Å². The summed E-state index contributed by atoms with van der Waals surface area (Å²) < 4.78 is 99.2. The zero-order valence-electron chi connectivity index (χ0n) is 18.3. The number of alkyl halides is 3. The smallest absolute Gasteiger partial charge is 0.462 e. The number of carbonyl (C=O) groups is 1. The Morgan fingerprint density at radius 1 is 1.19 bits per heavy atom. The van der Waals surface area contributed by atoms with Crippen LogP contribution in [-0.2, 0) is 24.6 Å². The summed E-state index contributed by atoms with van der Waals surface area (Å²) in [5, 5.41) is 2.07. The summed E-state index contributed by atoms with van der Waals surface area (Å²) in [5.74, 6) is -4.32. The minimum atomic E-state index is -6.02. The fourth-order valence-corrected chi connectivity index (χ4v) is 5.46. The van der Waals surface area contributed by atoms with Crippen LogP contribution < -0.4 is 5.32 Å². The summed E-state index contributed by atoms with van der Waals surface area (Å²) in [6.07, 6.45) is 0.965. The number of amides is 1. The van der Waals surface area contributed by atoms with Gasteiger partial charge in [0.05, 0.1) is 0 Å². The van der Waals surface area contributed by atoms with Gasteiger partial charge in [0, 0.05) is 34.4 Å². The van der Waals surface area contributed by atoms with Crippen LogP contribution in [0.1, 0.15) is 22.8 Å². The summed E-state index contributed by atoms with van der Waals surface area (Å²) in [4.78, 5) is 17.1. The Morgan fingerprint density at radius 2 is 1.89 bits per heavy atom. The molecule has 0 bridgehead atoms. The minimum Gasteiger partial charge on any atom is -0.462 e. The van der Waals surface area contributed by atoms with Crippen LogP contribution in [-0.4, -0.2) is 36.9 Å². The lowest BCUT2D eigenvalue weighted by Crippen LogP contribution is -2.50. The monoisotopic (exact) mass is 548 g/mol. The van der Waals surface area contributed by atoms with Gasteiger partial charge in [0.25, 0.3) is 11.9 Å². The van der Waals surface area contributed by atoms with Gasteiger partial charge in [0.2, 0.25) is 0 Å². The molecule has 0 saturated carbocycles. The van der Waals surface area contributed by atoms with Crippen molar-refractivity contribution in [1.29, 1.82) is 0 Å². The van der Waals surface area contributed by atoms with E-state index in [1.165, 1.54) is 0 Å². The number of amidine groups is 1. The van der Waals surface area contributed by atoms with Gasteiger partial charge in [-0.05, 0) is 18.2 Å². The normalized spacial score (nSPS) is 24.1. The molecular weight excluding hydrogens is 531 g/mol. The average Bonchev–Trinajstić information content (AvgIpc) is 2.79. The molecule has 2 aliphatic rings. The maximum atomic E-state index is 15.0. The Hall–Kier alpha value is -3.13. The minimum absolute atomic E-state index is 0.0561. The van der Waals surface area contributed by atoms with Crippen LogP contribution in [0.5, 0.6) is 0 Å². The van der Waals surface area contributed by atoms with Crippen molar-refractivity contribution in [1.82, 2.24) is 5.32 Å². The average molecular weight is 549 g/mol. The first-order chi connectivity index (χ1) is 16.8. The van der Waals surface area contributed by atoms with E-state index in [4.69, 9.17) is 4.74 Å². The summed E-state index contributed by atoms with van der Waals surface area (Å²) in [7, 11) is -6.02. The molecule has 2 aromatic carbocycles. The standard InChI is InChI=1S/C22H17F5N2O5S2/c1-12-16-10-18(34-36(31,32)22(25,26)27)33-11-21(16,15-8-7-14(23)9-17(15)24)29-20(35-12)28-19(30)13-5-3-2-4-6-13/h2-10,12,16H,11H2,1H3,(H,28,29,30). The number of ether oxygens (including phenoxy) is 1. The van der Waals surface area contributed by atoms with E-state index in [1.807, 2.05) is 0 Å². The Labute approximate surface area is 206 Å². The van der Waals surface area contributed by atoms with Gasteiger partial charge in [-0.15, -0.1) is 0 Å². The molecule has 1 amide bonds. The van der Waals surface area contributed by atoms with E-state index in [9.17, 15) is 35.2 Å². The predicted octanol–water partition coefficient (Wildman–Crippen LogP) is 4.44. The van der Waals surface area contributed by atoms with Crippen molar-refractivity contribution in [2.75, 3.05) is 6.61 Å². The number of fused-ring (bicyclic) bond motifs is 1. The molecule has 14 heteroatoms. The molecule has 7 nitrogen and oxygen atoms in total. The maximum Gasteiger partial charge on any atom is 0.534 e. The molecule has 0 aliphatic carbocycles. The highest BCUT2D eigenvalue weighted by atomic mass is 32.2. The highest BCUT2D eigenvalue weighted by Crippen LogP contribution is 2.49. The molecule has 0 spiro atoms. The van der Waals surface area contributed by atoms with Crippen LogP contribution in [0.15, 0.2) is 65.5 Å². The number of carbonyl (C=O) groups excluding carboxylic acids is 1. The molecule has 192 valence electrons. The summed E-state index contributed by atoms with van der Waals surface area (Å²) in [6.45, 7) is 0.960. The number of hydrogen-bond acceptors (Lipinski definition) is 7. The third-order valence-electron chi connectivity index (χ3n) is 5.54. The summed E-state index contributed by atoms with van der Waals surface area (Å²) in [5.41, 5.74) is -7.24. The van der Waals surface area contributed by atoms with Crippen molar-refractivity contribution < 1.29 is 44.1 Å². The van der Waals surface area contributed by atoms with Crippen LogP contribution in [0, 0.1) is 17.6 Å². The zero-order valence-corrected chi connectivity index (χ0v) is 19.9. The van der Waals surface area contributed by atoms with E-state index in [1.54, 1.807) is 37.3 Å². The van der Waals surface area contributed by atoms with E-state index in [0.29, 0.717) is 11.6 Å². The lowest BCUT2D eigenvalue weighted by atomic mass is 9.75. The van der Waals surface area contributed by atoms with E-state index in [-0.39, 0.29) is 10.7 Å². The second kappa shape index (κ2) is 9.39. The molecule has 0 aromatic heterocycles. The van der Waals surface area contributed by atoms with Crippen molar-refractivity contribution >= 4 is 33.0 Å². The second-order valence-electron chi connectivity index (χ2n) is 7.89. The molecule has 2 aromatic rings. The Kier molecular flexibility index (Phi) is 6.77. The lowest BCUT2D eigenvalue weighted by molar-refractivity contribution is -0.0590. The molecule has 2 heterocycles. The Balaban J connectivity index is 1.77. The molecule has 2 aliphatic heterocycles. The zero-order chi connectivity index (χ0) is 26.3. The highest BCUT2D eigenvalue weighted by molar-refractivity contribution is 8.14. The largest absolute Gasteiger partial charge is 0.534 e. The van der Waals surface area contributed by atoms with Crippen molar-refractivity contribution in [3.8, 4) is 0 Å². The third-order valence-corrected chi connectivity index (χ3v) is 7.57. The SMILES string of the molecule is CC1SC(NC(=O)c2ccccc2)=NC2(c3ccc(F)cc3F)COC(OS(=O)(=O)C(F)(F)F)=CC12. The number of hydrogen-bond donors (Lipinski definition) is 1. The number of aliphatic imine (C=N–C) groups is 1. The number of halogens is 5. The summed E-state index contributed by atoms with van der Waals surface area (Å²) >= 11 is 1.02. The fraction of sp³-hybridized carbons (Fsp3) is 0.273. The molecule has 3 unspecified atom stereocenters. The molecule has 0 radical (unpaired) electrons. The lowest BCUT2D eigenvalue weighted by Gasteiger charge is -2.45. The first kappa shape index (κ1) is 25.9. The van der Waals surface area contributed by atoms with Gasteiger partial charge in [0.15, 0.2) is 5.17 Å². The highest BCUT2D eigenvalue weighted by Gasteiger charge is 2.54. The van der Waals surface area contributed by atoms with Crippen LogP contribution in [0.2, 0.25) is 0 Å². The molecule has 1 N–H and O–H groups in total. The van der Waals surface area contributed by atoms with Gasteiger partial charge in [0.1, 0.15) is 23.8 Å². The van der Waals surface area contributed by atoms with E-state index in [2.05, 4.69) is 14.5 Å². The van der Waals surface area contributed by atoms with Crippen LogP contribution in [0.4, 0.5) is 22.0 Å². The van der Waals surface area contributed by atoms with Gasteiger partial charge >= 0.3 is 15.6 Å². The first-order valence-corrected chi connectivity index (χ1v) is 12.5. The topological polar surface area (TPSA) is 94.1 Å². The van der Waals surface area contributed by atoms with E-state index < -0.39 is 62.4 Å². The molecular formula is C22H17F5N2O5S2. The third kappa shape index (κ3) is 4.91. The number of benzene rings is 2. The van der Waals surface area contributed by atoms with E-state index >= 15 is 0 Å². The van der Waals surface area contributed by atoms with Crippen molar-refractivity contribution in [3.05, 3.63) is 83.3 Å². The first-order valence-electron chi connectivity index (χ1n) is 10.3. The molecule has 0 saturated heterocycles. The molecule has 36 heavy (non-hydrogen) atoms. The number of nitrogens with zero attached hydrogens (tertiary/aromatic N) is 1. The van der Waals surface area contributed by atoms with Crippen LogP contribution in [0.3, 0.4) is 0 Å². The van der Waals surface area contributed by atoms with Crippen molar-refractivity contribution in [2.24, 2.45) is 10.9 Å². The Morgan fingerprint density at radius 3 is 2.53 bits per heavy atom. The van der Waals surface area contributed by atoms with Crippen molar-refractivity contribution in [3.63, 3.8) is 0 Å². The predicted molar refractivity (Wildman–Crippen MR) is 120 cm³/mol. The molecule has 4 rings (SSSR count). The van der Waals surface area contributed by atoms with Gasteiger partial charge in [-0.1, -0.05) is 43.0 Å². The van der Waals surface area contributed by atoms with Gasteiger partial charge in [-0.2, -0.15) is 21.6 Å². The quantitative estimate of drug-likeness (QED) is 0.345. The van der Waals surface area contributed by atoms with Crippen LogP contribution >= 0.6 is 11.8 Å². The van der Waals surface area contributed by atoms with Gasteiger partial charge in [-0.3, -0.25) is 4.79 Å². The fourth-order valence-electron chi connectivity index (χ4n) is 3.88. The van der Waals surface area contributed by atoms with Gasteiger partial charge < -0.3 is 14.2 Å². The molecule has 3 atom stereocenters. The Bertz CT molecular complexity index is 1350. The second-order valence-corrected chi connectivity index (χ2v) is 10.8. The van der Waals surface area contributed by atoms with Gasteiger partial charge in [-0.25, -0.2) is 13.8 Å². The number of nitrogens with one attached hydrogen (secondary N) is 1. The summed E-state index contributed by atoms with van der Waals surface area (Å²) in [6, 6.07) is 10.8. The number of thioether (sulfide) groups is 1. The molecule has 0 fully saturated rings. The van der Waals surface area contributed by atoms with Crippen molar-refractivity contribution in [2.45, 2.75) is 23.2 Å².